The molecule has 1 aromatic rings. The van der Waals surface area contributed by atoms with Crippen LogP contribution in [-0.4, -0.2) is 48.3 Å². The van der Waals surface area contributed by atoms with Crippen molar-refractivity contribution in [2.45, 2.75) is 39.1 Å². The summed E-state index contributed by atoms with van der Waals surface area (Å²) in [6, 6.07) is 12.0. The Labute approximate surface area is 116 Å². The zero-order chi connectivity index (χ0) is 14.5. The molecule has 3 unspecified atom stereocenters. The van der Waals surface area contributed by atoms with Crippen LogP contribution in [0.2, 0.25) is 0 Å². The van der Waals surface area contributed by atoms with Crippen LogP contribution in [0.5, 0.6) is 0 Å². The van der Waals surface area contributed by atoms with Crippen molar-refractivity contribution in [2.24, 2.45) is 0 Å². The van der Waals surface area contributed by atoms with Crippen molar-refractivity contribution in [3.05, 3.63) is 36.4 Å². The van der Waals surface area contributed by atoms with Gasteiger partial charge in [0.1, 0.15) is 0 Å². The fourth-order valence-corrected chi connectivity index (χ4v) is 1.09. The normalized spacial score (nSPS) is 15.0. The van der Waals surface area contributed by atoms with E-state index in [1.165, 1.54) is 0 Å². The summed E-state index contributed by atoms with van der Waals surface area (Å²) in [4.78, 5) is 0. The molecule has 1 aromatic carbocycles. The molecule has 4 nitrogen and oxygen atoms in total. The second-order valence-electron chi connectivity index (χ2n) is 4.47. The van der Waals surface area contributed by atoms with Crippen LogP contribution in [-0.2, 0) is 9.47 Å². The van der Waals surface area contributed by atoms with Crippen molar-refractivity contribution >= 4 is 0 Å². The molecule has 0 heterocycles. The summed E-state index contributed by atoms with van der Waals surface area (Å²) in [6.07, 6.45) is -0.654. The molecule has 3 atom stereocenters. The van der Waals surface area contributed by atoms with Gasteiger partial charge in [0.15, 0.2) is 0 Å². The highest BCUT2D eigenvalue weighted by Gasteiger charge is 2.06. The Morgan fingerprint density at radius 1 is 0.789 bits per heavy atom. The summed E-state index contributed by atoms with van der Waals surface area (Å²) in [5, 5.41) is 17.6. The fraction of sp³-hybridized carbons (Fsp3) is 0.600. The maximum Gasteiger partial charge on any atom is 0.0781 e. The zero-order valence-electron chi connectivity index (χ0n) is 12.0. The van der Waals surface area contributed by atoms with Gasteiger partial charge in [-0.25, -0.2) is 0 Å². The van der Waals surface area contributed by atoms with Crippen LogP contribution < -0.4 is 0 Å². The van der Waals surface area contributed by atoms with Gasteiger partial charge in [-0.05, 0) is 20.8 Å². The van der Waals surface area contributed by atoms with Crippen LogP contribution in [0.1, 0.15) is 20.8 Å². The molecule has 19 heavy (non-hydrogen) atoms. The summed E-state index contributed by atoms with van der Waals surface area (Å²) >= 11 is 0. The molecule has 0 fully saturated rings. The Balaban J connectivity index is 0.000000443. The van der Waals surface area contributed by atoms with Gasteiger partial charge < -0.3 is 19.7 Å². The Kier molecular flexibility index (Phi) is 11.5. The van der Waals surface area contributed by atoms with Crippen molar-refractivity contribution in [1.29, 1.82) is 0 Å². The zero-order valence-corrected chi connectivity index (χ0v) is 12.0. The molecule has 0 radical (unpaired) electrons. The Morgan fingerprint density at radius 3 is 1.58 bits per heavy atom. The molecule has 4 heteroatoms. The molecule has 2 N–H and O–H groups in total. The number of aliphatic hydroxyl groups excluding tert-OH is 2. The molecule has 1 rings (SSSR count). The van der Waals surface area contributed by atoms with Gasteiger partial charge in [-0.2, -0.15) is 0 Å². The van der Waals surface area contributed by atoms with Gasteiger partial charge in [0.05, 0.1) is 38.1 Å². The van der Waals surface area contributed by atoms with Crippen LogP contribution in [0.15, 0.2) is 36.4 Å². The lowest BCUT2D eigenvalue weighted by atomic mass is 10.4. The Hall–Kier alpha value is -0.940. The molecule has 110 valence electrons. The maximum absolute atomic E-state index is 8.92. The summed E-state index contributed by atoms with van der Waals surface area (Å²) in [7, 11) is 0. The van der Waals surface area contributed by atoms with Crippen LogP contribution >= 0.6 is 0 Å². The third-order valence-corrected chi connectivity index (χ3v) is 2.16. The summed E-state index contributed by atoms with van der Waals surface area (Å²) in [5.41, 5.74) is 0. The van der Waals surface area contributed by atoms with Gasteiger partial charge in [0, 0.05) is 0 Å². The summed E-state index contributed by atoms with van der Waals surface area (Å²) in [5.74, 6) is 0. The first-order chi connectivity index (χ1) is 9.06. The van der Waals surface area contributed by atoms with Gasteiger partial charge in [0.25, 0.3) is 0 Å². The van der Waals surface area contributed by atoms with E-state index >= 15 is 0 Å². The maximum atomic E-state index is 8.92. The van der Waals surface area contributed by atoms with E-state index in [1.807, 2.05) is 43.3 Å². The van der Waals surface area contributed by atoms with Crippen LogP contribution in [0.4, 0.5) is 0 Å². The van der Waals surface area contributed by atoms with E-state index in [0.717, 1.165) is 0 Å². The second-order valence-corrected chi connectivity index (χ2v) is 4.47. The van der Waals surface area contributed by atoms with Gasteiger partial charge in [0.2, 0.25) is 0 Å². The number of benzene rings is 1. The lowest BCUT2D eigenvalue weighted by Crippen LogP contribution is -2.24. The number of hydrogen-bond acceptors (Lipinski definition) is 4. The van der Waals surface area contributed by atoms with Crippen molar-refractivity contribution in [2.75, 3.05) is 19.8 Å². The van der Waals surface area contributed by atoms with Crippen molar-refractivity contribution in [3.8, 4) is 0 Å². The van der Waals surface area contributed by atoms with Crippen molar-refractivity contribution < 1.29 is 19.7 Å². The van der Waals surface area contributed by atoms with Crippen LogP contribution in [0.25, 0.3) is 0 Å². The van der Waals surface area contributed by atoms with Crippen LogP contribution in [0.3, 0.4) is 0 Å². The molecular weight excluding hydrogens is 244 g/mol. The predicted molar refractivity (Wildman–Crippen MR) is 76.0 cm³/mol. The highest BCUT2D eigenvalue weighted by Crippen LogP contribution is 1.97. The number of rotatable bonds is 7. The molecular formula is C15H26O4. The van der Waals surface area contributed by atoms with E-state index in [-0.39, 0.29) is 18.8 Å². The molecule has 0 aliphatic carbocycles. The minimum absolute atomic E-state index is 0.0170. The molecule has 0 bridgehead atoms. The summed E-state index contributed by atoms with van der Waals surface area (Å²) in [6.45, 7) is 6.10. The molecule has 0 saturated carbocycles. The second kappa shape index (κ2) is 12.1. The lowest BCUT2D eigenvalue weighted by Gasteiger charge is -2.16. The molecule has 0 aliphatic heterocycles. The highest BCUT2D eigenvalue weighted by molar-refractivity contribution is 4.99. The predicted octanol–water partition coefficient (Wildman–Crippen LogP) is 1.86. The third kappa shape index (κ3) is 13.3. The van der Waals surface area contributed by atoms with Crippen molar-refractivity contribution in [1.82, 2.24) is 0 Å². The smallest absolute Gasteiger partial charge is 0.0781 e. The van der Waals surface area contributed by atoms with E-state index in [1.54, 1.807) is 13.8 Å². The molecule has 0 saturated heterocycles. The average Bonchev–Trinajstić information content (AvgIpc) is 2.45. The van der Waals surface area contributed by atoms with Crippen LogP contribution in [0, 0.1) is 0 Å². The largest absolute Gasteiger partial charge is 0.394 e. The van der Waals surface area contributed by atoms with E-state index < -0.39 is 6.10 Å². The molecule has 0 aromatic heterocycles. The molecule has 0 aliphatic rings. The van der Waals surface area contributed by atoms with E-state index in [9.17, 15) is 0 Å². The van der Waals surface area contributed by atoms with Gasteiger partial charge >= 0.3 is 0 Å². The number of aliphatic hydroxyl groups is 2. The Bertz CT molecular complexity index is 250. The average molecular weight is 270 g/mol. The monoisotopic (exact) mass is 270 g/mol. The van der Waals surface area contributed by atoms with E-state index in [0.29, 0.717) is 13.2 Å². The standard InChI is InChI=1S/C9H20O4.C6H6/c1-7(11)5-12-9(3)6-13-8(2)4-10;1-2-4-6-5-3-1/h7-11H,4-6H2,1-3H3;1-6H. The first-order valence-electron chi connectivity index (χ1n) is 6.58. The van der Waals surface area contributed by atoms with Gasteiger partial charge in [-0.1, -0.05) is 36.4 Å². The topological polar surface area (TPSA) is 58.9 Å². The fourth-order valence-electron chi connectivity index (χ4n) is 1.09. The Morgan fingerprint density at radius 2 is 1.21 bits per heavy atom. The van der Waals surface area contributed by atoms with E-state index in [2.05, 4.69) is 0 Å². The number of hydrogen-bond donors (Lipinski definition) is 2. The van der Waals surface area contributed by atoms with E-state index in [4.69, 9.17) is 19.7 Å². The van der Waals surface area contributed by atoms with Gasteiger partial charge in [-0.3, -0.25) is 0 Å². The van der Waals surface area contributed by atoms with Gasteiger partial charge in [-0.15, -0.1) is 0 Å². The SMILES string of the molecule is CC(O)COC(C)COC(C)CO.c1ccccc1. The minimum atomic E-state index is -0.447. The third-order valence-electron chi connectivity index (χ3n) is 2.16. The first-order valence-corrected chi connectivity index (χ1v) is 6.58. The summed E-state index contributed by atoms with van der Waals surface area (Å²) < 4.78 is 10.5. The first kappa shape index (κ1) is 18.1. The molecule has 0 amide bonds. The van der Waals surface area contributed by atoms with Crippen molar-refractivity contribution in [3.63, 3.8) is 0 Å². The quantitative estimate of drug-likeness (QED) is 0.794. The minimum Gasteiger partial charge on any atom is -0.394 e. The molecule has 0 spiro atoms. The highest BCUT2D eigenvalue weighted by atomic mass is 16.5. The lowest BCUT2D eigenvalue weighted by molar-refractivity contribution is -0.0620. The number of ether oxygens (including phenoxy) is 2.